The number of hydrogen-bond acceptors (Lipinski definition) is 5. The fraction of sp³-hybridized carbons (Fsp3) is 0.281. The summed E-state index contributed by atoms with van der Waals surface area (Å²) in [7, 11) is 1.28. The van der Waals surface area contributed by atoms with Gasteiger partial charge in [0.2, 0.25) is 5.91 Å². The molecule has 4 rings (SSSR count). The molecule has 39 heavy (non-hydrogen) atoms. The molecule has 2 atom stereocenters. The van der Waals surface area contributed by atoms with Gasteiger partial charge in [-0.3, -0.25) is 4.79 Å². The Bertz CT molecular complexity index is 1300. The van der Waals surface area contributed by atoms with Crippen molar-refractivity contribution in [3.05, 3.63) is 107 Å². The average Bonchev–Trinajstić information content (AvgIpc) is 3.27. The molecule has 202 valence electrons. The van der Waals surface area contributed by atoms with Crippen LogP contribution in [0.2, 0.25) is 0 Å². The van der Waals surface area contributed by atoms with Crippen LogP contribution in [0.3, 0.4) is 0 Å². The number of benzene rings is 3. The number of ether oxygens (including phenoxy) is 2. The van der Waals surface area contributed by atoms with Crippen LogP contribution in [0.1, 0.15) is 42.9 Å². The molecule has 7 nitrogen and oxygen atoms in total. The Hall–Kier alpha value is -4.39. The second kappa shape index (κ2) is 12.9. The van der Waals surface area contributed by atoms with E-state index < -0.39 is 30.1 Å². The third kappa shape index (κ3) is 6.93. The Labute approximate surface area is 229 Å². The van der Waals surface area contributed by atoms with Crippen LogP contribution in [0.15, 0.2) is 90.5 Å². The molecule has 0 fully saturated rings. The van der Waals surface area contributed by atoms with Crippen LogP contribution in [-0.4, -0.2) is 43.8 Å². The summed E-state index contributed by atoms with van der Waals surface area (Å²) >= 11 is 0. The number of allylic oxidation sites excluding steroid dienone is 1. The molecule has 0 saturated carbocycles. The third-order valence-electron chi connectivity index (χ3n) is 6.80. The van der Waals surface area contributed by atoms with Gasteiger partial charge in [0, 0.05) is 12.3 Å². The first-order valence-electron chi connectivity index (χ1n) is 13.0. The predicted molar refractivity (Wildman–Crippen MR) is 150 cm³/mol. The highest BCUT2D eigenvalue weighted by atomic mass is 16.5. The van der Waals surface area contributed by atoms with Crippen molar-refractivity contribution in [1.82, 2.24) is 10.6 Å². The lowest BCUT2D eigenvalue weighted by atomic mass is 9.98. The van der Waals surface area contributed by atoms with Crippen molar-refractivity contribution in [3.8, 4) is 11.1 Å². The number of rotatable bonds is 10. The maximum atomic E-state index is 13.3. The average molecular weight is 527 g/mol. The number of nitrogens with one attached hydrogen (secondary N) is 2. The van der Waals surface area contributed by atoms with E-state index in [0.29, 0.717) is 0 Å². The molecule has 3 aromatic rings. The minimum Gasteiger partial charge on any atom is -0.467 e. The summed E-state index contributed by atoms with van der Waals surface area (Å²) in [5, 5.41) is 5.46. The van der Waals surface area contributed by atoms with Gasteiger partial charge in [-0.05, 0) is 48.1 Å². The molecule has 0 radical (unpaired) electrons. The van der Waals surface area contributed by atoms with Crippen molar-refractivity contribution in [2.75, 3.05) is 13.7 Å². The molecule has 0 aliphatic heterocycles. The minimum atomic E-state index is -0.932. The van der Waals surface area contributed by atoms with Gasteiger partial charge in [-0.25, -0.2) is 9.59 Å². The molecule has 0 heterocycles. The quantitative estimate of drug-likeness (QED) is 0.282. The Kier molecular flexibility index (Phi) is 9.15. The zero-order valence-electron chi connectivity index (χ0n) is 22.5. The normalized spacial score (nSPS) is 13.3. The van der Waals surface area contributed by atoms with Crippen LogP contribution in [-0.2, 0) is 25.5 Å². The molecular formula is C32H34N2O5. The van der Waals surface area contributed by atoms with Gasteiger partial charge in [0.15, 0.2) is 0 Å². The van der Waals surface area contributed by atoms with Crippen LogP contribution >= 0.6 is 0 Å². The predicted octanol–water partition coefficient (Wildman–Crippen LogP) is 5.15. The minimum absolute atomic E-state index is 0.0946. The van der Waals surface area contributed by atoms with E-state index in [2.05, 4.69) is 22.8 Å². The fourth-order valence-corrected chi connectivity index (χ4v) is 4.83. The SMILES string of the molecule is COC(=O)[C@H](Cc1ccccc1)NC(=O)[C@H](CC=C(C)C)NC(=O)OCC1c2ccccc2-c2ccccc21. The number of esters is 1. The number of hydrogen-bond donors (Lipinski definition) is 2. The summed E-state index contributed by atoms with van der Waals surface area (Å²) in [6.45, 7) is 3.96. The van der Waals surface area contributed by atoms with Gasteiger partial charge in [-0.2, -0.15) is 0 Å². The Morgan fingerprint density at radius 2 is 1.41 bits per heavy atom. The summed E-state index contributed by atoms with van der Waals surface area (Å²) < 4.78 is 10.6. The van der Waals surface area contributed by atoms with E-state index in [4.69, 9.17) is 9.47 Å². The van der Waals surface area contributed by atoms with Crippen molar-refractivity contribution in [2.24, 2.45) is 0 Å². The summed E-state index contributed by atoms with van der Waals surface area (Å²) in [5.41, 5.74) is 6.35. The highest BCUT2D eigenvalue weighted by molar-refractivity contribution is 5.90. The van der Waals surface area contributed by atoms with E-state index in [0.717, 1.165) is 33.4 Å². The van der Waals surface area contributed by atoms with Crippen molar-refractivity contribution < 1.29 is 23.9 Å². The van der Waals surface area contributed by atoms with Crippen LogP contribution in [0, 0.1) is 0 Å². The number of carbonyl (C=O) groups excluding carboxylic acids is 3. The van der Waals surface area contributed by atoms with E-state index >= 15 is 0 Å². The number of methoxy groups -OCH3 is 1. The standard InChI is InChI=1S/C32H34N2O5/c1-21(2)17-18-28(30(35)33-29(31(36)38-3)19-22-11-5-4-6-12-22)34-32(37)39-20-27-25-15-9-7-13-23(25)24-14-8-10-16-26(24)27/h4-17,27-29H,18-20H2,1-3H3,(H,33,35)(H,34,37)/t28-,29-/m0/s1. The van der Waals surface area contributed by atoms with Gasteiger partial charge < -0.3 is 20.1 Å². The summed E-state index contributed by atoms with van der Waals surface area (Å²) in [4.78, 5) is 38.7. The zero-order chi connectivity index (χ0) is 27.8. The van der Waals surface area contributed by atoms with E-state index in [9.17, 15) is 14.4 Å². The smallest absolute Gasteiger partial charge is 0.407 e. The van der Waals surface area contributed by atoms with Crippen molar-refractivity contribution in [1.29, 1.82) is 0 Å². The van der Waals surface area contributed by atoms with Gasteiger partial charge >= 0.3 is 12.1 Å². The number of alkyl carbamates (subject to hydrolysis) is 1. The first kappa shape index (κ1) is 27.6. The fourth-order valence-electron chi connectivity index (χ4n) is 4.83. The maximum Gasteiger partial charge on any atom is 0.407 e. The number of fused-ring (bicyclic) bond motifs is 3. The Morgan fingerprint density at radius 3 is 2.00 bits per heavy atom. The Balaban J connectivity index is 1.44. The molecule has 2 amide bonds. The van der Waals surface area contributed by atoms with Crippen LogP contribution in [0.25, 0.3) is 11.1 Å². The first-order chi connectivity index (χ1) is 18.9. The van der Waals surface area contributed by atoms with E-state index in [-0.39, 0.29) is 25.4 Å². The highest BCUT2D eigenvalue weighted by Gasteiger charge is 2.31. The maximum absolute atomic E-state index is 13.3. The second-order valence-corrected chi connectivity index (χ2v) is 9.81. The van der Waals surface area contributed by atoms with Crippen LogP contribution in [0.4, 0.5) is 4.79 Å². The molecule has 0 bridgehead atoms. The highest BCUT2D eigenvalue weighted by Crippen LogP contribution is 2.44. The van der Waals surface area contributed by atoms with Crippen molar-refractivity contribution >= 4 is 18.0 Å². The van der Waals surface area contributed by atoms with Crippen LogP contribution < -0.4 is 10.6 Å². The molecule has 1 aliphatic carbocycles. The summed E-state index contributed by atoms with van der Waals surface area (Å²) in [5.74, 6) is -1.15. The topological polar surface area (TPSA) is 93.7 Å². The molecule has 2 N–H and O–H groups in total. The van der Waals surface area contributed by atoms with Gasteiger partial charge in [0.25, 0.3) is 0 Å². The number of carbonyl (C=O) groups is 3. The van der Waals surface area contributed by atoms with Crippen molar-refractivity contribution in [3.63, 3.8) is 0 Å². The van der Waals surface area contributed by atoms with Gasteiger partial charge in [-0.15, -0.1) is 0 Å². The van der Waals surface area contributed by atoms with Crippen molar-refractivity contribution in [2.45, 2.75) is 44.7 Å². The van der Waals surface area contributed by atoms with Gasteiger partial charge in [-0.1, -0.05) is 90.5 Å². The molecule has 1 aliphatic rings. The molecule has 0 saturated heterocycles. The third-order valence-corrected chi connectivity index (χ3v) is 6.80. The largest absolute Gasteiger partial charge is 0.467 e. The first-order valence-corrected chi connectivity index (χ1v) is 13.0. The van der Waals surface area contributed by atoms with Gasteiger partial charge in [0.1, 0.15) is 18.7 Å². The molecule has 7 heteroatoms. The zero-order valence-corrected chi connectivity index (χ0v) is 22.5. The monoisotopic (exact) mass is 526 g/mol. The van der Waals surface area contributed by atoms with E-state index in [1.807, 2.05) is 86.7 Å². The van der Waals surface area contributed by atoms with Crippen LogP contribution in [0.5, 0.6) is 0 Å². The Morgan fingerprint density at radius 1 is 0.821 bits per heavy atom. The van der Waals surface area contributed by atoms with E-state index in [1.54, 1.807) is 0 Å². The molecule has 0 spiro atoms. The lowest BCUT2D eigenvalue weighted by Crippen LogP contribution is -2.52. The molecule has 3 aromatic carbocycles. The van der Waals surface area contributed by atoms with E-state index in [1.165, 1.54) is 7.11 Å². The molecule has 0 aromatic heterocycles. The molecular weight excluding hydrogens is 492 g/mol. The lowest BCUT2D eigenvalue weighted by molar-refractivity contribution is -0.145. The second-order valence-electron chi connectivity index (χ2n) is 9.81. The summed E-state index contributed by atoms with van der Waals surface area (Å²) in [6.07, 6.45) is 1.67. The summed E-state index contributed by atoms with van der Waals surface area (Å²) in [6, 6.07) is 23.7. The van der Waals surface area contributed by atoms with Gasteiger partial charge in [0.05, 0.1) is 7.11 Å². The molecule has 0 unspecified atom stereocenters. The number of amides is 2. The lowest BCUT2D eigenvalue weighted by Gasteiger charge is -2.22.